The summed E-state index contributed by atoms with van der Waals surface area (Å²) in [5.41, 5.74) is 2.93. The van der Waals surface area contributed by atoms with Gasteiger partial charge >= 0.3 is 0 Å². The van der Waals surface area contributed by atoms with Crippen molar-refractivity contribution in [3.05, 3.63) is 86.9 Å². The Morgan fingerprint density at radius 2 is 1.68 bits per heavy atom. The molecule has 0 unspecified atom stereocenters. The maximum Gasteiger partial charge on any atom is 0.168 e. The third kappa shape index (κ3) is 5.57. The van der Waals surface area contributed by atoms with Gasteiger partial charge < -0.3 is 4.74 Å². The van der Waals surface area contributed by atoms with Crippen molar-refractivity contribution in [2.75, 3.05) is 12.5 Å². The number of hydrogen-bond donors (Lipinski definition) is 0. The summed E-state index contributed by atoms with van der Waals surface area (Å²) >= 11 is 18.5. The standard InChI is InChI=1S/C24H23Cl3N2O2/c1-15-28-10-8-19(29-15)14-22(30)16-4-6-17(7-5-16)24(2,3)18-12-20(26)23(21(27)13-18)31-11-9-25/h4-8,10,12-13H,9,11,14H2,1-3H3. The van der Waals surface area contributed by atoms with E-state index < -0.39 is 0 Å². The highest BCUT2D eigenvalue weighted by Gasteiger charge is 2.26. The Morgan fingerprint density at radius 3 is 2.26 bits per heavy atom. The molecule has 0 aliphatic carbocycles. The number of carbonyl (C=O) groups is 1. The third-order valence-electron chi connectivity index (χ3n) is 5.15. The maximum absolute atomic E-state index is 12.7. The van der Waals surface area contributed by atoms with Gasteiger partial charge in [-0.3, -0.25) is 4.79 Å². The zero-order chi connectivity index (χ0) is 22.6. The van der Waals surface area contributed by atoms with Gasteiger partial charge in [0.15, 0.2) is 11.5 Å². The van der Waals surface area contributed by atoms with Crippen LogP contribution >= 0.6 is 34.8 Å². The number of ketones is 1. The Morgan fingerprint density at radius 1 is 1.03 bits per heavy atom. The van der Waals surface area contributed by atoms with Crippen LogP contribution in [0.15, 0.2) is 48.7 Å². The molecule has 0 saturated carbocycles. The second-order valence-corrected chi connectivity index (χ2v) is 8.90. The van der Waals surface area contributed by atoms with Gasteiger partial charge in [0.25, 0.3) is 0 Å². The first-order chi connectivity index (χ1) is 14.7. The minimum atomic E-state index is -0.385. The summed E-state index contributed by atoms with van der Waals surface area (Å²) in [6, 6.07) is 13.1. The largest absolute Gasteiger partial charge is 0.489 e. The van der Waals surface area contributed by atoms with E-state index in [-0.39, 0.29) is 17.6 Å². The van der Waals surface area contributed by atoms with E-state index in [0.29, 0.717) is 45.4 Å². The fourth-order valence-electron chi connectivity index (χ4n) is 3.31. The van der Waals surface area contributed by atoms with E-state index in [2.05, 4.69) is 23.8 Å². The van der Waals surface area contributed by atoms with Crippen LogP contribution in [0.25, 0.3) is 0 Å². The Hall–Kier alpha value is -2.14. The fraction of sp³-hybridized carbons (Fsp3) is 0.292. The van der Waals surface area contributed by atoms with Crippen LogP contribution in [0.3, 0.4) is 0 Å². The summed E-state index contributed by atoms with van der Waals surface area (Å²) in [7, 11) is 0. The van der Waals surface area contributed by atoms with Gasteiger partial charge in [0, 0.05) is 17.2 Å². The van der Waals surface area contributed by atoms with Crippen LogP contribution in [-0.4, -0.2) is 28.2 Å². The van der Waals surface area contributed by atoms with Gasteiger partial charge in [0.2, 0.25) is 0 Å². The second kappa shape index (κ2) is 9.99. The normalized spacial score (nSPS) is 11.4. The zero-order valence-corrected chi connectivity index (χ0v) is 19.9. The van der Waals surface area contributed by atoms with E-state index in [1.54, 1.807) is 19.2 Å². The minimum Gasteiger partial charge on any atom is -0.489 e. The van der Waals surface area contributed by atoms with Crippen molar-refractivity contribution in [2.24, 2.45) is 0 Å². The molecule has 0 saturated heterocycles. The van der Waals surface area contributed by atoms with Crippen molar-refractivity contribution in [2.45, 2.75) is 32.6 Å². The Kier molecular flexibility index (Phi) is 7.58. The SMILES string of the molecule is Cc1nccc(CC(=O)c2ccc(C(C)(C)c3cc(Cl)c(OCCCl)c(Cl)c3)cc2)n1. The Balaban J connectivity index is 1.81. The average molecular weight is 478 g/mol. The van der Waals surface area contributed by atoms with Gasteiger partial charge in [-0.2, -0.15) is 0 Å². The molecule has 0 fully saturated rings. The van der Waals surface area contributed by atoms with E-state index in [4.69, 9.17) is 39.5 Å². The van der Waals surface area contributed by atoms with Crippen LogP contribution in [0.1, 0.15) is 46.9 Å². The lowest BCUT2D eigenvalue weighted by Crippen LogP contribution is -2.19. The lowest BCUT2D eigenvalue weighted by molar-refractivity contribution is 0.0992. The summed E-state index contributed by atoms with van der Waals surface area (Å²) in [5.74, 6) is 1.44. The number of alkyl halides is 1. The molecule has 0 spiro atoms. The highest BCUT2D eigenvalue weighted by Crippen LogP contribution is 2.40. The first-order valence-electron chi connectivity index (χ1n) is 9.83. The number of halogens is 3. The van der Waals surface area contributed by atoms with Crippen molar-refractivity contribution < 1.29 is 9.53 Å². The van der Waals surface area contributed by atoms with Crippen LogP contribution in [0.4, 0.5) is 0 Å². The number of carbonyl (C=O) groups excluding carboxylic acids is 1. The molecule has 0 aliphatic rings. The first-order valence-corrected chi connectivity index (χ1v) is 11.1. The van der Waals surface area contributed by atoms with Crippen molar-refractivity contribution in [1.82, 2.24) is 9.97 Å². The summed E-state index contributed by atoms with van der Waals surface area (Å²) in [6.07, 6.45) is 1.90. The number of ether oxygens (including phenoxy) is 1. The highest BCUT2D eigenvalue weighted by atomic mass is 35.5. The number of rotatable bonds is 8. The lowest BCUT2D eigenvalue weighted by atomic mass is 9.78. The van der Waals surface area contributed by atoms with Gasteiger partial charge in [-0.05, 0) is 36.2 Å². The zero-order valence-electron chi connectivity index (χ0n) is 17.6. The monoisotopic (exact) mass is 476 g/mol. The fourth-order valence-corrected chi connectivity index (χ4v) is 3.98. The molecule has 4 nitrogen and oxygen atoms in total. The quantitative estimate of drug-likeness (QED) is 0.276. The van der Waals surface area contributed by atoms with Gasteiger partial charge in [-0.25, -0.2) is 9.97 Å². The van der Waals surface area contributed by atoms with Crippen LogP contribution in [-0.2, 0) is 11.8 Å². The minimum absolute atomic E-state index is 0.00865. The predicted molar refractivity (Wildman–Crippen MR) is 126 cm³/mol. The molecular formula is C24H23Cl3N2O2. The van der Waals surface area contributed by atoms with E-state index in [1.807, 2.05) is 36.4 Å². The third-order valence-corrected chi connectivity index (χ3v) is 5.86. The molecule has 2 aromatic carbocycles. The summed E-state index contributed by atoms with van der Waals surface area (Å²) in [5, 5.41) is 0.875. The molecule has 0 bridgehead atoms. The Bertz CT molecular complexity index is 1060. The predicted octanol–water partition coefficient (Wildman–Crippen LogP) is 6.46. The smallest absolute Gasteiger partial charge is 0.168 e. The molecule has 1 heterocycles. The molecule has 0 amide bonds. The van der Waals surface area contributed by atoms with Crippen molar-refractivity contribution in [1.29, 1.82) is 0 Å². The first kappa shape index (κ1) is 23.5. The molecule has 31 heavy (non-hydrogen) atoms. The topological polar surface area (TPSA) is 52.1 Å². The Labute approximate surface area is 197 Å². The molecule has 0 N–H and O–H groups in total. The number of aryl methyl sites for hydroxylation is 1. The van der Waals surface area contributed by atoms with E-state index in [9.17, 15) is 4.79 Å². The molecule has 0 radical (unpaired) electrons. The van der Waals surface area contributed by atoms with Crippen LogP contribution < -0.4 is 4.74 Å². The van der Waals surface area contributed by atoms with Crippen molar-refractivity contribution in [3.8, 4) is 5.75 Å². The number of hydrogen-bond acceptors (Lipinski definition) is 4. The maximum atomic E-state index is 12.7. The van der Waals surface area contributed by atoms with Crippen LogP contribution in [0, 0.1) is 6.92 Å². The number of nitrogens with zero attached hydrogens (tertiary/aromatic N) is 2. The lowest BCUT2D eigenvalue weighted by Gasteiger charge is -2.27. The molecule has 3 rings (SSSR count). The molecule has 162 valence electrons. The van der Waals surface area contributed by atoms with Crippen LogP contribution in [0.5, 0.6) is 5.75 Å². The second-order valence-electron chi connectivity index (χ2n) is 7.70. The number of Topliss-reactive ketones (excluding diaryl/α,β-unsaturated/α-hetero) is 1. The summed E-state index contributed by atoms with van der Waals surface area (Å²) in [6.45, 7) is 6.29. The molecule has 3 aromatic rings. The molecule has 7 heteroatoms. The van der Waals surface area contributed by atoms with Gasteiger partial charge in [-0.1, -0.05) is 61.3 Å². The highest BCUT2D eigenvalue weighted by molar-refractivity contribution is 6.37. The van der Waals surface area contributed by atoms with E-state index in [1.165, 1.54) is 0 Å². The van der Waals surface area contributed by atoms with Crippen molar-refractivity contribution >= 4 is 40.6 Å². The number of aromatic nitrogens is 2. The summed E-state index contributed by atoms with van der Waals surface area (Å²) in [4.78, 5) is 21.0. The van der Waals surface area contributed by atoms with Gasteiger partial charge in [0.05, 0.1) is 28.0 Å². The average Bonchev–Trinajstić information content (AvgIpc) is 2.73. The molecule has 0 aliphatic heterocycles. The van der Waals surface area contributed by atoms with Crippen molar-refractivity contribution in [3.63, 3.8) is 0 Å². The number of benzene rings is 2. The molecule has 1 aromatic heterocycles. The van der Waals surface area contributed by atoms with Gasteiger partial charge in [0.1, 0.15) is 12.4 Å². The molecule has 0 atom stereocenters. The van der Waals surface area contributed by atoms with E-state index in [0.717, 1.165) is 11.1 Å². The van der Waals surface area contributed by atoms with E-state index >= 15 is 0 Å². The van der Waals surface area contributed by atoms with Gasteiger partial charge in [-0.15, -0.1) is 11.6 Å². The summed E-state index contributed by atoms with van der Waals surface area (Å²) < 4.78 is 5.55. The molecular weight excluding hydrogens is 455 g/mol. The van der Waals surface area contributed by atoms with Crippen LogP contribution in [0.2, 0.25) is 10.0 Å².